The number of hydrogen-bond acceptors (Lipinski definition) is 4. The number of nitrogens with one attached hydrogen (secondary N) is 1. The smallest absolute Gasteiger partial charge is 0.389 e. The van der Waals surface area contributed by atoms with E-state index in [0.29, 0.717) is 11.3 Å². The van der Waals surface area contributed by atoms with Gasteiger partial charge in [-0.3, -0.25) is 4.79 Å². The molecule has 0 saturated carbocycles. The molecule has 0 aliphatic heterocycles. The molecule has 0 bridgehead atoms. The number of ether oxygens (including phenoxy) is 1. The molecule has 3 aromatic carbocycles. The lowest BCUT2D eigenvalue weighted by atomic mass is 9.99. The Balaban J connectivity index is 2.05. The predicted octanol–water partition coefficient (Wildman–Crippen LogP) is 5.11. The van der Waals surface area contributed by atoms with Crippen molar-refractivity contribution in [2.45, 2.75) is 13.8 Å². The number of carbonyl (C=O) groups is 2. The van der Waals surface area contributed by atoms with E-state index in [0.717, 1.165) is 22.4 Å². The number of amides is 1. The molecule has 6 heteroatoms. The van der Waals surface area contributed by atoms with Gasteiger partial charge in [-0.05, 0) is 31.0 Å². The lowest BCUT2D eigenvalue weighted by Gasteiger charge is -2.12. The van der Waals surface area contributed by atoms with Crippen molar-refractivity contribution in [1.82, 2.24) is 15.1 Å². The van der Waals surface area contributed by atoms with Gasteiger partial charge < -0.3 is 10.1 Å². The molecule has 0 saturated heterocycles. The topological polar surface area (TPSA) is 73.2 Å². The van der Waals surface area contributed by atoms with E-state index in [4.69, 9.17) is 4.74 Å². The molecule has 0 fully saturated rings. The Morgan fingerprint density at radius 3 is 2.22 bits per heavy atom. The van der Waals surface area contributed by atoms with Gasteiger partial charge in [-0.2, -0.15) is 0 Å². The quantitative estimate of drug-likeness (QED) is 0.451. The zero-order valence-corrected chi connectivity index (χ0v) is 18.1. The monoisotopic (exact) mass is 425 g/mol. The SMILES string of the molecule is CNC(=O)Oc1nn(-c2cc(C)ccc2C)c(-c2ccccc2)c1C(=O)c1ccccc1. The van der Waals surface area contributed by atoms with Gasteiger partial charge in [0.1, 0.15) is 5.56 Å². The van der Waals surface area contributed by atoms with Gasteiger partial charge in [0.25, 0.3) is 5.88 Å². The van der Waals surface area contributed by atoms with Gasteiger partial charge in [0.15, 0.2) is 0 Å². The van der Waals surface area contributed by atoms with E-state index in [9.17, 15) is 9.59 Å². The minimum absolute atomic E-state index is 0.0436. The third-order valence-electron chi connectivity index (χ3n) is 5.15. The van der Waals surface area contributed by atoms with E-state index in [1.54, 1.807) is 28.9 Å². The number of aryl methyl sites for hydroxylation is 2. The molecule has 0 aliphatic carbocycles. The second kappa shape index (κ2) is 8.89. The normalized spacial score (nSPS) is 10.6. The van der Waals surface area contributed by atoms with Gasteiger partial charge >= 0.3 is 6.09 Å². The average molecular weight is 425 g/mol. The summed E-state index contributed by atoms with van der Waals surface area (Å²) in [5, 5.41) is 7.03. The maximum atomic E-state index is 13.7. The molecule has 160 valence electrons. The minimum Gasteiger partial charge on any atom is -0.389 e. The van der Waals surface area contributed by atoms with E-state index < -0.39 is 6.09 Å². The molecule has 0 aliphatic rings. The Bertz CT molecular complexity index is 1280. The van der Waals surface area contributed by atoms with E-state index in [-0.39, 0.29) is 17.2 Å². The molecule has 4 rings (SSSR count). The predicted molar refractivity (Wildman–Crippen MR) is 123 cm³/mol. The maximum absolute atomic E-state index is 13.7. The Morgan fingerprint density at radius 1 is 0.906 bits per heavy atom. The molecule has 6 nitrogen and oxygen atoms in total. The number of carbonyl (C=O) groups excluding carboxylic acids is 2. The van der Waals surface area contributed by atoms with Crippen molar-refractivity contribution in [3.8, 4) is 22.8 Å². The van der Waals surface area contributed by atoms with Crippen LogP contribution in [-0.4, -0.2) is 28.7 Å². The average Bonchev–Trinajstić information content (AvgIpc) is 3.19. The highest BCUT2D eigenvalue weighted by Crippen LogP contribution is 2.36. The maximum Gasteiger partial charge on any atom is 0.413 e. The fraction of sp³-hybridized carbons (Fsp3) is 0.115. The first-order valence-electron chi connectivity index (χ1n) is 10.2. The molecular formula is C26H23N3O3. The summed E-state index contributed by atoms with van der Waals surface area (Å²) in [6.45, 7) is 3.97. The van der Waals surface area contributed by atoms with Gasteiger partial charge in [-0.15, -0.1) is 5.10 Å². The number of nitrogens with zero attached hydrogens (tertiary/aromatic N) is 2. The second-order valence-electron chi connectivity index (χ2n) is 7.43. The largest absolute Gasteiger partial charge is 0.413 e. The first-order chi connectivity index (χ1) is 15.5. The van der Waals surface area contributed by atoms with Gasteiger partial charge in [0.2, 0.25) is 5.78 Å². The van der Waals surface area contributed by atoms with Crippen molar-refractivity contribution in [3.05, 3.63) is 101 Å². The summed E-state index contributed by atoms with van der Waals surface area (Å²) in [6, 6.07) is 24.4. The molecule has 1 aromatic heterocycles. The number of benzene rings is 3. The van der Waals surface area contributed by atoms with Crippen LogP contribution in [0, 0.1) is 13.8 Å². The summed E-state index contributed by atoms with van der Waals surface area (Å²) < 4.78 is 7.16. The Labute approximate surface area is 186 Å². The van der Waals surface area contributed by atoms with Gasteiger partial charge in [-0.1, -0.05) is 72.8 Å². The van der Waals surface area contributed by atoms with Crippen LogP contribution >= 0.6 is 0 Å². The van der Waals surface area contributed by atoms with Crippen LogP contribution in [0.15, 0.2) is 78.9 Å². The Morgan fingerprint density at radius 2 is 1.56 bits per heavy atom. The lowest BCUT2D eigenvalue weighted by molar-refractivity contribution is 0.103. The van der Waals surface area contributed by atoms with Crippen molar-refractivity contribution in [1.29, 1.82) is 0 Å². The van der Waals surface area contributed by atoms with Crippen LogP contribution in [0.25, 0.3) is 16.9 Å². The molecule has 0 unspecified atom stereocenters. The number of ketones is 1. The molecule has 0 spiro atoms. The van der Waals surface area contributed by atoms with E-state index in [2.05, 4.69) is 10.4 Å². The van der Waals surface area contributed by atoms with E-state index >= 15 is 0 Å². The molecular weight excluding hydrogens is 402 g/mol. The third-order valence-corrected chi connectivity index (χ3v) is 5.15. The van der Waals surface area contributed by atoms with Gasteiger partial charge in [0, 0.05) is 18.2 Å². The van der Waals surface area contributed by atoms with Crippen LogP contribution in [0.1, 0.15) is 27.0 Å². The van der Waals surface area contributed by atoms with Crippen LogP contribution in [0.5, 0.6) is 5.88 Å². The summed E-state index contributed by atoms with van der Waals surface area (Å²) in [5.41, 5.74) is 4.88. The number of rotatable bonds is 5. The second-order valence-corrected chi connectivity index (χ2v) is 7.43. The fourth-order valence-corrected chi connectivity index (χ4v) is 3.53. The van der Waals surface area contributed by atoms with Crippen molar-refractivity contribution < 1.29 is 14.3 Å². The van der Waals surface area contributed by atoms with Crippen LogP contribution in [0.4, 0.5) is 4.79 Å². The van der Waals surface area contributed by atoms with Crippen LogP contribution in [0.3, 0.4) is 0 Å². The van der Waals surface area contributed by atoms with Gasteiger partial charge in [0.05, 0.1) is 11.4 Å². The molecule has 1 N–H and O–H groups in total. The molecule has 0 radical (unpaired) electrons. The van der Waals surface area contributed by atoms with Crippen molar-refractivity contribution in [2.75, 3.05) is 7.05 Å². The summed E-state index contributed by atoms with van der Waals surface area (Å²) in [4.78, 5) is 25.8. The summed E-state index contributed by atoms with van der Waals surface area (Å²) in [6.07, 6.45) is -0.697. The summed E-state index contributed by atoms with van der Waals surface area (Å²) in [7, 11) is 1.46. The van der Waals surface area contributed by atoms with Crippen molar-refractivity contribution in [2.24, 2.45) is 0 Å². The number of hydrogen-bond donors (Lipinski definition) is 1. The zero-order valence-electron chi connectivity index (χ0n) is 18.1. The third kappa shape index (κ3) is 4.03. The van der Waals surface area contributed by atoms with Crippen LogP contribution < -0.4 is 10.1 Å². The first-order valence-corrected chi connectivity index (χ1v) is 10.2. The van der Waals surface area contributed by atoms with E-state index in [1.165, 1.54) is 7.05 Å². The molecule has 4 aromatic rings. The fourth-order valence-electron chi connectivity index (χ4n) is 3.53. The van der Waals surface area contributed by atoms with Crippen molar-refractivity contribution >= 4 is 11.9 Å². The minimum atomic E-state index is -0.697. The number of aromatic nitrogens is 2. The van der Waals surface area contributed by atoms with Crippen molar-refractivity contribution in [3.63, 3.8) is 0 Å². The Hall–Kier alpha value is -4.19. The first kappa shape index (κ1) is 21.1. The summed E-state index contributed by atoms with van der Waals surface area (Å²) in [5.74, 6) is -0.321. The molecule has 32 heavy (non-hydrogen) atoms. The summed E-state index contributed by atoms with van der Waals surface area (Å²) >= 11 is 0. The zero-order chi connectivity index (χ0) is 22.7. The highest BCUT2D eigenvalue weighted by molar-refractivity contribution is 6.14. The van der Waals surface area contributed by atoms with E-state index in [1.807, 2.05) is 68.4 Å². The molecule has 1 heterocycles. The standard InChI is InChI=1S/C26H23N3O3/c1-17-14-15-18(2)21(16-17)29-23(19-10-6-4-7-11-19)22(25(28-29)32-26(31)27-3)24(30)20-12-8-5-9-13-20/h4-16H,1-3H3,(H,27,31). The highest BCUT2D eigenvalue weighted by atomic mass is 16.6. The molecule has 1 amide bonds. The highest BCUT2D eigenvalue weighted by Gasteiger charge is 2.29. The molecule has 0 atom stereocenters. The Kier molecular flexibility index (Phi) is 5.85. The van der Waals surface area contributed by atoms with Crippen LogP contribution in [0.2, 0.25) is 0 Å². The van der Waals surface area contributed by atoms with Gasteiger partial charge in [-0.25, -0.2) is 9.48 Å². The lowest BCUT2D eigenvalue weighted by Crippen LogP contribution is -2.23. The van der Waals surface area contributed by atoms with Crippen LogP contribution in [-0.2, 0) is 0 Å².